The summed E-state index contributed by atoms with van der Waals surface area (Å²) in [6.45, 7) is 2.51. The molecule has 0 spiro atoms. The molecule has 0 aromatic heterocycles. The van der Waals surface area contributed by atoms with Crippen LogP contribution in [0, 0.1) is 0 Å². The van der Waals surface area contributed by atoms with Crippen molar-refractivity contribution in [2.45, 2.75) is 13.3 Å². The molecular formula is C23H19ClN2O4. The molecule has 1 aliphatic rings. The minimum Gasteiger partial charge on any atom is -0.494 e. The maximum atomic E-state index is 12.6. The molecule has 3 aromatic carbocycles. The van der Waals surface area contributed by atoms with Crippen molar-refractivity contribution in [1.29, 1.82) is 0 Å². The third-order valence-electron chi connectivity index (χ3n) is 4.52. The first-order chi connectivity index (χ1) is 14.5. The van der Waals surface area contributed by atoms with Gasteiger partial charge in [0.15, 0.2) is 5.75 Å². The first kappa shape index (κ1) is 19.8. The Morgan fingerprint density at radius 2 is 1.83 bits per heavy atom. The van der Waals surface area contributed by atoms with Crippen LogP contribution in [0.15, 0.2) is 60.7 Å². The predicted molar refractivity (Wildman–Crippen MR) is 116 cm³/mol. The third kappa shape index (κ3) is 4.39. The molecule has 1 aliphatic heterocycles. The Kier molecular flexibility index (Phi) is 5.59. The van der Waals surface area contributed by atoms with Crippen LogP contribution in [0.25, 0.3) is 0 Å². The average Bonchev–Trinajstić information content (AvgIpc) is 2.85. The van der Waals surface area contributed by atoms with Crippen molar-refractivity contribution in [2.24, 2.45) is 0 Å². The first-order valence-corrected chi connectivity index (χ1v) is 9.84. The second-order valence-electron chi connectivity index (χ2n) is 6.71. The summed E-state index contributed by atoms with van der Waals surface area (Å²) >= 11 is 6.00. The Balaban J connectivity index is 1.48. The summed E-state index contributed by atoms with van der Waals surface area (Å²) in [5.41, 5.74) is 2.18. The molecule has 0 aliphatic carbocycles. The highest BCUT2D eigenvalue weighted by molar-refractivity contribution is 6.31. The number of ether oxygens (including phenoxy) is 2. The molecule has 0 bridgehead atoms. The van der Waals surface area contributed by atoms with Gasteiger partial charge in [-0.15, -0.1) is 0 Å². The summed E-state index contributed by atoms with van der Waals surface area (Å²) < 4.78 is 11.3. The van der Waals surface area contributed by atoms with Gasteiger partial charge in [0, 0.05) is 10.7 Å². The molecule has 1 heterocycles. The molecule has 6 nitrogen and oxygen atoms in total. The Labute approximate surface area is 178 Å². The van der Waals surface area contributed by atoms with Gasteiger partial charge in [-0.1, -0.05) is 23.7 Å². The number of anilines is 2. The summed E-state index contributed by atoms with van der Waals surface area (Å²) in [7, 11) is 0. The summed E-state index contributed by atoms with van der Waals surface area (Å²) in [6, 6.07) is 17.3. The van der Waals surface area contributed by atoms with Gasteiger partial charge in [0.2, 0.25) is 5.91 Å². The molecule has 152 valence electrons. The van der Waals surface area contributed by atoms with Crippen molar-refractivity contribution in [2.75, 3.05) is 17.2 Å². The Morgan fingerprint density at radius 3 is 2.60 bits per heavy atom. The van der Waals surface area contributed by atoms with Crippen LogP contribution in [0.3, 0.4) is 0 Å². The maximum absolute atomic E-state index is 12.6. The van der Waals surface area contributed by atoms with E-state index in [1.165, 1.54) is 0 Å². The lowest BCUT2D eigenvalue weighted by Gasteiger charge is -2.10. The molecule has 0 saturated carbocycles. The van der Waals surface area contributed by atoms with E-state index in [-0.39, 0.29) is 18.2 Å². The first-order valence-electron chi connectivity index (χ1n) is 9.46. The number of rotatable bonds is 5. The molecule has 0 unspecified atom stereocenters. The zero-order chi connectivity index (χ0) is 21.1. The number of amides is 2. The Hall–Kier alpha value is -3.51. The van der Waals surface area contributed by atoms with Crippen LogP contribution in [0.1, 0.15) is 22.8 Å². The number of hydrogen-bond donors (Lipinski definition) is 2. The van der Waals surface area contributed by atoms with Crippen molar-refractivity contribution in [3.63, 3.8) is 0 Å². The summed E-state index contributed by atoms with van der Waals surface area (Å²) in [5.74, 6) is 1.13. The number of fused-ring (bicyclic) bond motifs is 2. The van der Waals surface area contributed by atoms with Crippen LogP contribution >= 0.6 is 11.6 Å². The lowest BCUT2D eigenvalue weighted by atomic mass is 10.1. The monoisotopic (exact) mass is 422 g/mol. The molecule has 2 N–H and O–H groups in total. The minimum atomic E-state index is -0.339. The van der Waals surface area contributed by atoms with Gasteiger partial charge in [0.1, 0.15) is 11.5 Å². The van der Waals surface area contributed by atoms with Crippen LogP contribution < -0.4 is 20.1 Å². The molecule has 0 saturated heterocycles. The number of halogens is 1. The molecular weight excluding hydrogens is 404 g/mol. The summed E-state index contributed by atoms with van der Waals surface area (Å²) in [6.07, 6.45) is 0.204. The number of carbonyl (C=O) groups is 2. The fraction of sp³-hybridized carbons (Fsp3) is 0.130. The molecule has 4 rings (SSSR count). The Morgan fingerprint density at radius 1 is 1.07 bits per heavy atom. The van der Waals surface area contributed by atoms with E-state index in [4.69, 9.17) is 21.1 Å². The van der Waals surface area contributed by atoms with E-state index < -0.39 is 0 Å². The number of hydrogen-bond acceptors (Lipinski definition) is 4. The third-order valence-corrected chi connectivity index (χ3v) is 4.75. The van der Waals surface area contributed by atoms with Crippen molar-refractivity contribution >= 4 is 34.8 Å². The van der Waals surface area contributed by atoms with E-state index in [0.29, 0.717) is 40.1 Å². The van der Waals surface area contributed by atoms with E-state index in [1.54, 1.807) is 36.4 Å². The van der Waals surface area contributed by atoms with Gasteiger partial charge < -0.3 is 20.1 Å². The van der Waals surface area contributed by atoms with Gasteiger partial charge in [-0.05, 0) is 61.0 Å². The van der Waals surface area contributed by atoms with Crippen LogP contribution in [0.4, 0.5) is 11.4 Å². The second kappa shape index (κ2) is 8.47. The molecule has 2 amide bonds. The average molecular weight is 423 g/mol. The minimum absolute atomic E-state index is 0.191. The van der Waals surface area contributed by atoms with Crippen molar-refractivity contribution in [1.82, 2.24) is 0 Å². The lowest BCUT2D eigenvalue weighted by molar-refractivity contribution is -0.115. The fourth-order valence-corrected chi connectivity index (χ4v) is 3.30. The van der Waals surface area contributed by atoms with Crippen LogP contribution in [0.5, 0.6) is 17.2 Å². The zero-order valence-electron chi connectivity index (χ0n) is 16.2. The SMILES string of the molecule is CCOc1ccc(CC(=O)Nc2ccc3c(c2)C(=O)Nc2cc(Cl)ccc2O3)cc1. The van der Waals surface area contributed by atoms with E-state index in [0.717, 1.165) is 11.3 Å². The van der Waals surface area contributed by atoms with E-state index >= 15 is 0 Å². The van der Waals surface area contributed by atoms with Gasteiger partial charge in [0.05, 0.1) is 24.3 Å². The smallest absolute Gasteiger partial charge is 0.259 e. The summed E-state index contributed by atoms with van der Waals surface area (Å²) in [5, 5.41) is 6.10. The van der Waals surface area contributed by atoms with Crippen LogP contribution in [-0.2, 0) is 11.2 Å². The number of benzene rings is 3. The van der Waals surface area contributed by atoms with Crippen LogP contribution in [0.2, 0.25) is 5.02 Å². The molecule has 0 atom stereocenters. The quantitative estimate of drug-likeness (QED) is 0.586. The standard InChI is InChI=1S/C23H19ClN2O4/c1-2-29-17-7-3-14(4-8-17)11-22(27)25-16-6-10-20-18(13-16)23(28)26-19-12-15(24)5-9-21(19)30-20/h3-10,12-13H,2,11H2,1H3,(H,25,27)(H,26,28). The van der Waals surface area contributed by atoms with Gasteiger partial charge in [-0.3, -0.25) is 9.59 Å². The highest BCUT2D eigenvalue weighted by Gasteiger charge is 2.21. The van der Waals surface area contributed by atoms with Crippen molar-refractivity contribution < 1.29 is 19.1 Å². The fourth-order valence-electron chi connectivity index (χ4n) is 3.13. The topological polar surface area (TPSA) is 76.7 Å². The predicted octanol–water partition coefficient (Wildman–Crippen LogP) is 5.28. The Bertz CT molecular complexity index is 1110. The van der Waals surface area contributed by atoms with Gasteiger partial charge >= 0.3 is 0 Å². The second-order valence-corrected chi connectivity index (χ2v) is 7.15. The number of carbonyl (C=O) groups excluding carboxylic acids is 2. The highest BCUT2D eigenvalue weighted by atomic mass is 35.5. The number of nitrogens with one attached hydrogen (secondary N) is 2. The van der Waals surface area contributed by atoms with Gasteiger partial charge in [0.25, 0.3) is 5.91 Å². The zero-order valence-corrected chi connectivity index (χ0v) is 17.0. The van der Waals surface area contributed by atoms with Crippen LogP contribution in [-0.4, -0.2) is 18.4 Å². The lowest BCUT2D eigenvalue weighted by Crippen LogP contribution is -2.15. The van der Waals surface area contributed by atoms with E-state index in [9.17, 15) is 9.59 Å². The highest BCUT2D eigenvalue weighted by Crippen LogP contribution is 2.37. The van der Waals surface area contributed by atoms with E-state index in [2.05, 4.69) is 10.6 Å². The van der Waals surface area contributed by atoms with E-state index in [1.807, 2.05) is 31.2 Å². The molecule has 0 fully saturated rings. The molecule has 30 heavy (non-hydrogen) atoms. The normalized spacial score (nSPS) is 12.0. The molecule has 7 heteroatoms. The van der Waals surface area contributed by atoms with Crippen molar-refractivity contribution in [3.8, 4) is 17.2 Å². The van der Waals surface area contributed by atoms with Gasteiger partial charge in [-0.2, -0.15) is 0 Å². The van der Waals surface area contributed by atoms with Gasteiger partial charge in [-0.25, -0.2) is 0 Å². The largest absolute Gasteiger partial charge is 0.494 e. The summed E-state index contributed by atoms with van der Waals surface area (Å²) in [4.78, 5) is 25.1. The maximum Gasteiger partial charge on any atom is 0.259 e. The van der Waals surface area contributed by atoms with Crippen molar-refractivity contribution in [3.05, 3.63) is 76.8 Å². The molecule has 3 aromatic rings. The molecule has 0 radical (unpaired) electrons.